The van der Waals surface area contributed by atoms with Gasteiger partial charge in [0, 0.05) is 0 Å². The van der Waals surface area contributed by atoms with Gasteiger partial charge in [-0.25, -0.2) is 0 Å². The number of hydrogen-bond donors (Lipinski definition) is 0. The zero-order valence-corrected chi connectivity index (χ0v) is 46.8. The van der Waals surface area contributed by atoms with E-state index in [2.05, 4.69) is 95.2 Å². The van der Waals surface area contributed by atoms with Gasteiger partial charge < -0.3 is 0 Å². The Kier molecular flexibility index (Phi) is 69.5. The summed E-state index contributed by atoms with van der Waals surface area (Å²) in [5, 5.41) is 0. The van der Waals surface area contributed by atoms with E-state index < -0.39 is 0 Å². The minimum absolute atomic E-state index is 0. The van der Waals surface area contributed by atoms with Gasteiger partial charge in [-0.05, 0) is 117 Å². The van der Waals surface area contributed by atoms with Gasteiger partial charge in [-0.1, -0.05) is 274 Å². The van der Waals surface area contributed by atoms with Crippen LogP contribution in [0.4, 0.5) is 0 Å². The highest BCUT2D eigenvalue weighted by molar-refractivity contribution is 5.09. The Morgan fingerprint density at radius 3 is 0.700 bits per heavy atom. The summed E-state index contributed by atoms with van der Waals surface area (Å²) >= 11 is 0. The highest BCUT2D eigenvalue weighted by atomic mass is 14.3. The van der Waals surface area contributed by atoms with Crippen molar-refractivity contribution in [3.05, 3.63) is 23.3 Å². The van der Waals surface area contributed by atoms with Crippen LogP contribution in [0.5, 0.6) is 0 Å². The molecule has 4 saturated carbocycles. The van der Waals surface area contributed by atoms with Gasteiger partial charge >= 0.3 is 0 Å². The van der Waals surface area contributed by atoms with Gasteiger partial charge in [0.25, 0.3) is 0 Å². The van der Waals surface area contributed by atoms with Gasteiger partial charge in [0.05, 0.1) is 0 Å². The van der Waals surface area contributed by atoms with Crippen LogP contribution in [0.25, 0.3) is 0 Å². The summed E-state index contributed by atoms with van der Waals surface area (Å²) in [4.78, 5) is 0. The zero-order valence-electron chi connectivity index (χ0n) is 46.8. The first kappa shape index (κ1) is 73.9. The van der Waals surface area contributed by atoms with E-state index >= 15 is 0 Å². The molecule has 0 spiro atoms. The lowest BCUT2D eigenvalue weighted by atomic mass is 9.78. The Balaban J connectivity index is -0.000000107. The smallest absolute Gasteiger partial charge is 0.0260 e. The number of rotatable bonds is 6. The van der Waals surface area contributed by atoms with Crippen molar-refractivity contribution in [2.75, 3.05) is 0 Å². The van der Waals surface area contributed by atoms with E-state index in [1.54, 1.807) is 11.1 Å². The van der Waals surface area contributed by atoms with Gasteiger partial charge in [0.15, 0.2) is 0 Å². The van der Waals surface area contributed by atoms with Gasteiger partial charge in [-0.3, -0.25) is 0 Å². The molecule has 0 aromatic rings. The van der Waals surface area contributed by atoms with Crippen molar-refractivity contribution in [3.63, 3.8) is 0 Å². The van der Waals surface area contributed by atoms with E-state index in [1.807, 2.05) is 83.1 Å². The summed E-state index contributed by atoms with van der Waals surface area (Å²) < 4.78 is 0. The van der Waals surface area contributed by atoms with Crippen LogP contribution in [0.1, 0.15) is 308 Å². The lowest BCUT2D eigenvalue weighted by Crippen LogP contribution is -2.16. The van der Waals surface area contributed by atoms with Crippen molar-refractivity contribution in [2.24, 2.45) is 59.2 Å². The molecule has 0 heterocycles. The molecule has 0 bridgehead atoms. The first-order valence-electron chi connectivity index (χ1n) is 27.7. The standard InChI is InChI=1S/C9H18.C9H16.C8H16.C8H14.C7H14.C6H12.6C2H6.CH4/c2*1-8(2)9-6-4-3-5-7-9;2*1-7(2)8-5-3-4-6-8;1-6(2)7-4-3-5-7;1-5(2)6-3-4-6;6*1-2;/h8-9H,3-7H2,1-2H3;6,8H,3-5,7H2,1-2H3;7-8H,3-6H2,1-2H3;5,7H,3-4,6H2,1-2H3;6-7H,3-5H2,1-2H3;5-6H,3-4H2,1-2H3;6*1-2H3;1H4. The lowest BCUT2D eigenvalue weighted by Gasteiger charge is -2.28. The summed E-state index contributed by atoms with van der Waals surface area (Å²) in [5.74, 6) is 9.70. The van der Waals surface area contributed by atoms with E-state index in [-0.39, 0.29) is 7.43 Å². The van der Waals surface area contributed by atoms with Gasteiger partial charge in [-0.2, -0.15) is 0 Å². The second kappa shape index (κ2) is 56.5. The summed E-state index contributed by atoms with van der Waals surface area (Å²) in [6.45, 7) is 51.8. The molecule has 0 unspecified atom stereocenters. The molecule has 0 aliphatic heterocycles. The van der Waals surface area contributed by atoms with Crippen LogP contribution in [-0.4, -0.2) is 0 Å². The van der Waals surface area contributed by atoms with Crippen LogP contribution in [0.15, 0.2) is 23.3 Å². The molecule has 0 heteroatoms. The SMILES string of the molecule is C.CC.CC.CC.CC.CC.CC.CC(C)C1=CCCC1.CC(C)C1=CCCCC1.CC(C)C1CC1.CC(C)C1CCC1.CC(C)C1CCCC1.CC(C)C1CCCCC1. The highest BCUT2D eigenvalue weighted by Crippen LogP contribution is 2.36. The molecule has 0 aromatic carbocycles. The monoisotopic (exact) mass is 851 g/mol. The third kappa shape index (κ3) is 47.0. The van der Waals surface area contributed by atoms with Crippen LogP contribution >= 0.6 is 0 Å². The van der Waals surface area contributed by atoms with Crippen molar-refractivity contribution < 1.29 is 0 Å². The molecule has 6 rings (SSSR count). The minimum atomic E-state index is 0. The van der Waals surface area contributed by atoms with Gasteiger partial charge in [-0.15, -0.1) is 0 Å². The molecule has 4 fully saturated rings. The summed E-state index contributed by atoms with van der Waals surface area (Å²) in [6.07, 6.45) is 35.3. The van der Waals surface area contributed by atoms with E-state index in [1.165, 1.54) is 135 Å². The lowest BCUT2D eigenvalue weighted by molar-refractivity contribution is 0.235. The van der Waals surface area contributed by atoms with E-state index in [0.717, 1.165) is 59.2 Å². The molecule has 0 N–H and O–H groups in total. The van der Waals surface area contributed by atoms with Crippen LogP contribution < -0.4 is 0 Å². The van der Waals surface area contributed by atoms with Gasteiger partial charge in [0.2, 0.25) is 0 Å². The molecule has 0 saturated heterocycles. The van der Waals surface area contributed by atoms with Crippen LogP contribution in [-0.2, 0) is 0 Å². The molecule has 0 aromatic heterocycles. The Hall–Kier alpha value is -0.520. The first-order chi connectivity index (χ1) is 28.3. The Bertz CT molecular complexity index is 769. The maximum atomic E-state index is 2.42. The summed E-state index contributed by atoms with van der Waals surface area (Å²) in [6, 6.07) is 0. The average molecular weight is 852 g/mol. The maximum absolute atomic E-state index is 2.42. The van der Waals surface area contributed by atoms with E-state index in [4.69, 9.17) is 0 Å². The molecule has 0 nitrogen and oxygen atoms in total. The first-order valence-corrected chi connectivity index (χ1v) is 27.7. The largest absolute Gasteiger partial charge is 0.0851 e. The fraction of sp³-hybridized carbons (Fsp3) is 0.933. The second-order valence-corrected chi connectivity index (χ2v) is 18.5. The van der Waals surface area contributed by atoms with Crippen molar-refractivity contribution in [2.45, 2.75) is 308 Å². The number of allylic oxidation sites excluding steroid dienone is 4. The summed E-state index contributed by atoms with van der Waals surface area (Å²) in [7, 11) is 0. The van der Waals surface area contributed by atoms with Crippen molar-refractivity contribution in [1.82, 2.24) is 0 Å². The molecule has 0 amide bonds. The second-order valence-electron chi connectivity index (χ2n) is 18.5. The van der Waals surface area contributed by atoms with Crippen LogP contribution in [0.3, 0.4) is 0 Å². The Labute approximate surface area is 389 Å². The highest BCUT2D eigenvalue weighted by Gasteiger charge is 2.24. The fourth-order valence-corrected chi connectivity index (χ4v) is 7.90. The Morgan fingerprint density at radius 1 is 0.300 bits per heavy atom. The molecule has 60 heavy (non-hydrogen) atoms. The summed E-state index contributed by atoms with van der Waals surface area (Å²) in [5.41, 5.74) is 3.35. The molecule has 6 aliphatic carbocycles. The molecule has 370 valence electrons. The normalized spacial score (nSPS) is 17.6. The molecule has 0 atom stereocenters. The van der Waals surface area contributed by atoms with Crippen LogP contribution in [0.2, 0.25) is 0 Å². The quantitative estimate of drug-likeness (QED) is 0.234. The minimum Gasteiger partial charge on any atom is -0.0851 e. The van der Waals surface area contributed by atoms with E-state index in [9.17, 15) is 0 Å². The topological polar surface area (TPSA) is 0 Å². The zero-order chi connectivity index (χ0) is 47.2. The van der Waals surface area contributed by atoms with Crippen molar-refractivity contribution >= 4 is 0 Å². The van der Waals surface area contributed by atoms with Crippen LogP contribution in [0, 0.1) is 59.2 Å². The third-order valence-electron chi connectivity index (χ3n) is 12.5. The van der Waals surface area contributed by atoms with Gasteiger partial charge in [0.1, 0.15) is 0 Å². The predicted octanol–water partition coefficient (Wildman–Crippen LogP) is 23.2. The molecular formula is C60H130. The molecule has 0 radical (unpaired) electrons. The molecule has 6 aliphatic rings. The maximum Gasteiger partial charge on any atom is -0.0260 e. The fourth-order valence-electron chi connectivity index (χ4n) is 7.90. The average Bonchev–Trinajstić information content (AvgIpc) is 3.68. The predicted molar refractivity (Wildman–Crippen MR) is 291 cm³/mol. The van der Waals surface area contributed by atoms with Crippen molar-refractivity contribution in [3.8, 4) is 0 Å². The Morgan fingerprint density at radius 2 is 0.550 bits per heavy atom. The molecular weight excluding hydrogens is 721 g/mol. The van der Waals surface area contributed by atoms with Crippen molar-refractivity contribution in [1.29, 1.82) is 0 Å². The van der Waals surface area contributed by atoms with E-state index in [0.29, 0.717) is 0 Å². The number of hydrogen-bond acceptors (Lipinski definition) is 0. The third-order valence-corrected chi connectivity index (χ3v) is 12.5.